The first kappa shape index (κ1) is 34.7. The van der Waals surface area contributed by atoms with Gasteiger partial charge >= 0.3 is 5.97 Å². The third kappa shape index (κ3) is 10.2. The molecule has 2 aromatic carbocycles. The van der Waals surface area contributed by atoms with Crippen LogP contribution >= 0.6 is 22.9 Å². The summed E-state index contributed by atoms with van der Waals surface area (Å²) in [5.74, 6) is -1.33. The first-order valence-corrected chi connectivity index (χ1v) is 16.2. The molecule has 0 aliphatic heterocycles. The second kappa shape index (κ2) is 16.4. The van der Waals surface area contributed by atoms with Crippen molar-refractivity contribution in [3.63, 3.8) is 0 Å². The SMILES string of the molecule is NS(=O)(=O)c1nnc(NC(=O)COCCOCCOCC(=O)NCCOc2ccc(-c3cc4c(C(=O)O)c[nH]c4cc3Cl)cc2)s1. The van der Waals surface area contributed by atoms with Crippen LogP contribution in [-0.4, -0.2) is 99.3 Å². The van der Waals surface area contributed by atoms with Crippen LogP contribution < -0.4 is 20.5 Å². The first-order chi connectivity index (χ1) is 22.0. The molecule has 0 atom stereocenters. The molecule has 4 aromatic rings. The zero-order valence-electron chi connectivity index (χ0n) is 24.0. The Morgan fingerprint density at radius 1 is 0.957 bits per heavy atom. The zero-order valence-corrected chi connectivity index (χ0v) is 26.4. The molecule has 19 heteroatoms. The molecule has 0 bridgehead atoms. The maximum absolute atomic E-state index is 12.0. The van der Waals surface area contributed by atoms with Crippen molar-refractivity contribution in [3.05, 3.63) is 53.2 Å². The molecule has 0 spiro atoms. The number of hydrogen-bond acceptors (Lipinski definition) is 12. The number of carboxylic acid groups (broad SMARTS) is 1. The van der Waals surface area contributed by atoms with E-state index < -0.39 is 26.2 Å². The molecule has 2 aromatic heterocycles. The second-order valence-electron chi connectivity index (χ2n) is 9.29. The number of amides is 2. The van der Waals surface area contributed by atoms with Gasteiger partial charge < -0.3 is 34.4 Å². The Morgan fingerprint density at radius 2 is 1.63 bits per heavy atom. The second-order valence-corrected chi connectivity index (χ2v) is 12.4. The van der Waals surface area contributed by atoms with Crippen LogP contribution in [0.2, 0.25) is 5.02 Å². The van der Waals surface area contributed by atoms with Gasteiger partial charge in [-0.25, -0.2) is 18.4 Å². The van der Waals surface area contributed by atoms with E-state index in [-0.39, 0.29) is 69.4 Å². The summed E-state index contributed by atoms with van der Waals surface area (Å²) in [6.45, 7) is 0.663. The minimum Gasteiger partial charge on any atom is -0.492 e. The third-order valence-electron chi connectivity index (χ3n) is 5.96. The van der Waals surface area contributed by atoms with E-state index in [1.54, 1.807) is 24.3 Å². The van der Waals surface area contributed by atoms with Crippen LogP contribution in [0, 0.1) is 0 Å². The number of rotatable bonds is 18. The Labute approximate surface area is 271 Å². The van der Waals surface area contributed by atoms with E-state index in [9.17, 15) is 27.9 Å². The van der Waals surface area contributed by atoms with E-state index in [2.05, 4.69) is 25.8 Å². The number of halogens is 1. The number of nitrogens with two attached hydrogens (primary N) is 1. The highest BCUT2D eigenvalue weighted by Crippen LogP contribution is 2.34. The maximum Gasteiger partial charge on any atom is 0.337 e. The molecule has 0 aliphatic carbocycles. The van der Waals surface area contributed by atoms with Gasteiger partial charge in [-0.15, -0.1) is 10.2 Å². The molecule has 0 unspecified atom stereocenters. The molecule has 2 amide bonds. The summed E-state index contributed by atoms with van der Waals surface area (Å²) in [5, 5.41) is 27.2. The Bertz CT molecular complexity index is 1780. The largest absolute Gasteiger partial charge is 0.492 e. The molecule has 246 valence electrons. The molecular weight excluding hydrogens is 668 g/mol. The van der Waals surface area contributed by atoms with Crippen molar-refractivity contribution in [2.45, 2.75) is 4.34 Å². The number of carbonyl (C=O) groups excluding carboxylic acids is 2. The quantitative estimate of drug-likeness (QED) is 0.0741. The number of nitrogens with zero attached hydrogens (tertiary/aromatic N) is 2. The molecule has 16 nitrogen and oxygen atoms in total. The first-order valence-electron chi connectivity index (χ1n) is 13.4. The lowest BCUT2D eigenvalue weighted by Gasteiger charge is -2.10. The number of nitrogens with one attached hydrogen (secondary N) is 3. The van der Waals surface area contributed by atoms with E-state index in [4.69, 9.17) is 35.7 Å². The Morgan fingerprint density at radius 3 is 2.28 bits per heavy atom. The average Bonchev–Trinajstić information content (AvgIpc) is 3.65. The van der Waals surface area contributed by atoms with Crippen molar-refractivity contribution in [3.8, 4) is 16.9 Å². The summed E-state index contributed by atoms with van der Waals surface area (Å²) in [6.07, 6.45) is 1.43. The molecule has 0 saturated heterocycles. The number of aromatic carboxylic acids is 1. The monoisotopic (exact) mass is 696 g/mol. The summed E-state index contributed by atoms with van der Waals surface area (Å²) in [6, 6.07) is 10.6. The van der Waals surface area contributed by atoms with Gasteiger partial charge in [0.15, 0.2) is 0 Å². The fourth-order valence-corrected chi connectivity index (χ4v) is 5.50. The lowest BCUT2D eigenvalue weighted by molar-refractivity contribution is -0.126. The predicted octanol–water partition coefficient (Wildman–Crippen LogP) is 1.87. The molecule has 46 heavy (non-hydrogen) atoms. The van der Waals surface area contributed by atoms with Gasteiger partial charge in [-0.2, -0.15) is 0 Å². The number of sulfonamides is 1. The maximum atomic E-state index is 12.0. The molecular formula is C27H29ClN6O10S2. The van der Waals surface area contributed by atoms with Crippen molar-refractivity contribution in [2.24, 2.45) is 5.14 Å². The van der Waals surface area contributed by atoms with Crippen LogP contribution in [0.25, 0.3) is 22.0 Å². The fraction of sp³-hybridized carbons (Fsp3) is 0.296. The molecule has 0 fully saturated rings. The van der Waals surface area contributed by atoms with Crippen LogP contribution in [0.4, 0.5) is 5.13 Å². The highest BCUT2D eigenvalue weighted by molar-refractivity contribution is 7.91. The molecule has 4 rings (SSSR count). The Balaban J connectivity index is 1.03. The van der Waals surface area contributed by atoms with Crippen molar-refractivity contribution >= 4 is 66.8 Å². The summed E-state index contributed by atoms with van der Waals surface area (Å²) >= 11 is 7.05. The summed E-state index contributed by atoms with van der Waals surface area (Å²) in [5.41, 5.74) is 2.27. The van der Waals surface area contributed by atoms with Crippen molar-refractivity contribution in [1.29, 1.82) is 0 Å². The van der Waals surface area contributed by atoms with Gasteiger partial charge in [0.2, 0.25) is 15.4 Å². The topological polar surface area (TPSA) is 234 Å². The lowest BCUT2D eigenvalue weighted by atomic mass is 10.0. The number of H-pyrrole nitrogens is 1. The molecule has 0 aliphatic rings. The van der Waals surface area contributed by atoms with E-state index in [0.29, 0.717) is 38.6 Å². The predicted molar refractivity (Wildman–Crippen MR) is 167 cm³/mol. The van der Waals surface area contributed by atoms with E-state index >= 15 is 0 Å². The van der Waals surface area contributed by atoms with Crippen molar-refractivity contribution in [2.75, 3.05) is 58.1 Å². The minimum atomic E-state index is -3.99. The van der Waals surface area contributed by atoms with Gasteiger partial charge in [-0.1, -0.05) is 35.1 Å². The molecule has 0 radical (unpaired) electrons. The summed E-state index contributed by atoms with van der Waals surface area (Å²) in [7, 11) is -3.99. The number of aromatic amines is 1. The third-order valence-corrected chi connectivity index (χ3v) is 8.43. The average molecular weight is 697 g/mol. The van der Waals surface area contributed by atoms with Crippen LogP contribution in [0.3, 0.4) is 0 Å². The molecule has 6 N–H and O–H groups in total. The fourth-order valence-electron chi connectivity index (χ4n) is 3.88. The van der Waals surface area contributed by atoms with Crippen molar-refractivity contribution in [1.82, 2.24) is 20.5 Å². The number of carboxylic acids is 1. The van der Waals surface area contributed by atoms with Crippen LogP contribution in [0.1, 0.15) is 10.4 Å². The molecule has 0 saturated carbocycles. The van der Waals surface area contributed by atoms with Gasteiger partial charge in [-0.3, -0.25) is 14.9 Å². The summed E-state index contributed by atoms with van der Waals surface area (Å²) in [4.78, 5) is 38.1. The van der Waals surface area contributed by atoms with Crippen LogP contribution in [-0.2, 0) is 33.8 Å². The highest BCUT2D eigenvalue weighted by atomic mass is 35.5. The minimum absolute atomic E-state index is 0.0254. The molecule has 2 heterocycles. The van der Waals surface area contributed by atoms with Gasteiger partial charge in [-0.05, 0) is 29.8 Å². The smallest absolute Gasteiger partial charge is 0.337 e. The number of fused-ring (bicyclic) bond motifs is 1. The van der Waals surface area contributed by atoms with E-state index in [1.165, 1.54) is 6.20 Å². The lowest BCUT2D eigenvalue weighted by Crippen LogP contribution is -2.31. The standard InChI is InChI=1S/C27H29ClN6O10S2/c28-21-12-22-19(20(13-31-22)25(37)38)11-18(21)16-1-3-17(4-2-16)44-6-5-30-23(35)14-42-9-7-41-8-10-43-15-24(36)32-26-33-34-27(45-26)46(29,39)40/h1-4,11-13,31H,5-10,14-15H2,(H,30,35)(H,37,38)(H2,29,39,40)(H,32,33,36). The van der Waals surface area contributed by atoms with Gasteiger partial charge in [0.1, 0.15) is 25.6 Å². The number of hydrogen-bond donors (Lipinski definition) is 5. The highest BCUT2D eigenvalue weighted by Gasteiger charge is 2.17. The zero-order chi connectivity index (χ0) is 33.1. The van der Waals surface area contributed by atoms with Gasteiger partial charge in [0, 0.05) is 22.7 Å². The number of anilines is 1. The van der Waals surface area contributed by atoms with E-state index in [0.717, 1.165) is 5.56 Å². The van der Waals surface area contributed by atoms with Gasteiger partial charge in [0.25, 0.3) is 15.9 Å². The van der Waals surface area contributed by atoms with E-state index in [1.807, 2.05) is 12.1 Å². The number of primary sulfonamides is 1. The number of aromatic nitrogens is 3. The Kier molecular flexibility index (Phi) is 12.4. The summed E-state index contributed by atoms with van der Waals surface area (Å²) < 4.78 is 43.3. The number of ether oxygens (including phenoxy) is 4. The van der Waals surface area contributed by atoms with Crippen LogP contribution in [0.5, 0.6) is 5.75 Å². The number of benzene rings is 2. The van der Waals surface area contributed by atoms with Gasteiger partial charge in [0.05, 0.1) is 43.6 Å². The number of carbonyl (C=O) groups is 3. The van der Waals surface area contributed by atoms with Crippen molar-refractivity contribution < 1.29 is 46.9 Å². The normalized spacial score (nSPS) is 11.4. The Hall–Kier alpha value is -4.17. The van der Waals surface area contributed by atoms with Crippen LogP contribution in [0.15, 0.2) is 46.9 Å².